The van der Waals surface area contributed by atoms with Gasteiger partial charge in [-0.1, -0.05) is 127 Å². The first kappa shape index (κ1) is 19.7. The molecule has 0 fully saturated rings. The summed E-state index contributed by atoms with van der Waals surface area (Å²) in [6, 6.07) is 45.5. The molecule has 1 N–H and O–H groups in total. The van der Waals surface area contributed by atoms with E-state index >= 15 is 0 Å². The van der Waals surface area contributed by atoms with Crippen molar-refractivity contribution in [3.05, 3.63) is 155 Å². The molecule has 0 atom stereocenters. The van der Waals surface area contributed by atoms with E-state index in [9.17, 15) is 5.11 Å². The highest BCUT2D eigenvalue weighted by Crippen LogP contribution is 2.58. The van der Waals surface area contributed by atoms with E-state index in [1.165, 1.54) is 38.9 Å². The van der Waals surface area contributed by atoms with Crippen LogP contribution in [0.2, 0.25) is 0 Å². The van der Waals surface area contributed by atoms with Crippen LogP contribution in [0.1, 0.15) is 27.8 Å². The minimum atomic E-state index is -0.379. The van der Waals surface area contributed by atoms with E-state index in [1.54, 1.807) is 0 Å². The van der Waals surface area contributed by atoms with E-state index < -0.39 is 0 Å². The molecule has 0 saturated heterocycles. The maximum atomic E-state index is 9.50. The molecule has 0 heterocycles. The van der Waals surface area contributed by atoms with Gasteiger partial charge < -0.3 is 5.11 Å². The van der Waals surface area contributed by atoms with Crippen molar-refractivity contribution in [2.24, 2.45) is 0 Å². The largest absolute Gasteiger partial charge is 0.392 e. The van der Waals surface area contributed by atoms with Crippen LogP contribution in [-0.4, -0.2) is 5.11 Å². The monoisotopic (exact) mass is 424 g/mol. The zero-order chi connectivity index (χ0) is 22.3. The average molecular weight is 425 g/mol. The van der Waals surface area contributed by atoms with E-state index in [0.29, 0.717) is 0 Å². The molecule has 0 spiro atoms. The van der Waals surface area contributed by atoms with Gasteiger partial charge in [0.15, 0.2) is 0 Å². The van der Waals surface area contributed by atoms with Crippen LogP contribution in [0.15, 0.2) is 127 Å². The predicted molar refractivity (Wildman–Crippen MR) is 135 cm³/mol. The molecule has 0 amide bonds. The van der Waals surface area contributed by atoms with E-state index in [-0.39, 0.29) is 12.0 Å². The van der Waals surface area contributed by atoms with Crippen LogP contribution in [-0.2, 0) is 12.0 Å². The Bertz CT molecular complexity index is 1380. The number of hydrogen-bond donors (Lipinski definition) is 1. The number of fused-ring (bicyclic) bond motifs is 3. The SMILES string of the molecule is OCc1ccc(-c2cccc3c2-c2ccccc2C3(c2ccccc2)c2ccccc2)cc1. The quantitative estimate of drug-likeness (QED) is 0.317. The first-order valence-electron chi connectivity index (χ1n) is 11.4. The summed E-state index contributed by atoms with van der Waals surface area (Å²) in [6.45, 7) is 0.0567. The minimum absolute atomic E-state index is 0.0567. The maximum absolute atomic E-state index is 9.50. The van der Waals surface area contributed by atoms with Crippen LogP contribution in [0.3, 0.4) is 0 Å². The van der Waals surface area contributed by atoms with Crippen LogP contribution >= 0.6 is 0 Å². The summed E-state index contributed by atoms with van der Waals surface area (Å²) >= 11 is 0. The van der Waals surface area contributed by atoms with Crippen molar-refractivity contribution >= 4 is 0 Å². The zero-order valence-corrected chi connectivity index (χ0v) is 18.3. The van der Waals surface area contributed by atoms with Gasteiger partial charge in [-0.3, -0.25) is 0 Å². The lowest BCUT2D eigenvalue weighted by molar-refractivity contribution is 0.282. The van der Waals surface area contributed by atoms with E-state index in [0.717, 1.165) is 11.1 Å². The van der Waals surface area contributed by atoms with Crippen molar-refractivity contribution in [2.45, 2.75) is 12.0 Å². The van der Waals surface area contributed by atoms with Crippen molar-refractivity contribution < 1.29 is 5.11 Å². The highest BCUT2D eigenvalue weighted by molar-refractivity contribution is 5.95. The topological polar surface area (TPSA) is 20.2 Å². The molecule has 0 bridgehead atoms. The molecule has 33 heavy (non-hydrogen) atoms. The van der Waals surface area contributed by atoms with Gasteiger partial charge in [-0.25, -0.2) is 0 Å². The standard InChI is InChI=1S/C32H24O/c33-22-23-18-20-24(21-19-23)27-15-9-17-30-31(27)28-14-7-8-16-29(28)32(30,25-10-3-1-4-11-25)26-12-5-2-6-13-26/h1-21,33H,22H2. The first-order chi connectivity index (χ1) is 16.3. The summed E-state index contributed by atoms with van der Waals surface area (Å²) in [5, 5.41) is 9.50. The zero-order valence-electron chi connectivity index (χ0n) is 18.3. The Hall–Kier alpha value is -3.94. The van der Waals surface area contributed by atoms with Crippen molar-refractivity contribution in [3.63, 3.8) is 0 Å². The molecular weight excluding hydrogens is 400 g/mol. The van der Waals surface area contributed by atoms with Gasteiger partial charge in [-0.15, -0.1) is 0 Å². The third kappa shape index (κ3) is 2.90. The molecule has 0 unspecified atom stereocenters. The summed E-state index contributed by atoms with van der Waals surface area (Å²) < 4.78 is 0. The molecule has 5 aromatic rings. The fourth-order valence-electron chi connectivity index (χ4n) is 5.52. The second-order valence-corrected chi connectivity index (χ2v) is 8.61. The minimum Gasteiger partial charge on any atom is -0.392 e. The van der Waals surface area contributed by atoms with Gasteiger partial charge in [-0.05, 0) is 50.1 Å². The lowest BCUT2D eigenvalue weighted by Gasteiger charge is -2.34. The maximum Gasteiger partial charge on any atom is 0.0713 e. The summed E-state index contributed by atoms with van der Waals surface area (Å²) in [5.41, 5.74) is 10.7. The number of aliphatic hydroxyl groups excluding tert-OH is 1. The molecule has 158 valence electrons. The Morgan fingerprint density at radius 2 is 1.03 bits per heavy atom. The van der Waals surface area contributed by atoms with E-state index in [4.69, 9.17) is 0 Å². The van der Waals surface area contributed by atoms with E-state index in [2.05, 4.69) is 115 Å². The Labute approximate surface area is 194 Å². The lowest BCUT2D eigenvalue weighted by Crippen LogP contribution is -2.28. The van der Waals surface area contributed by atoms with Crippen LogP contribution < -0.4 is 0 Å². The molecule has 0 saturated carbocycles. The first-order valence-corrected chi connectivity index (χ1v) is 11.4. The van der Waals surface area contributed by atoms with Gasteiger partial charge in [0.2, 0.25) is 0 Å². The Kier molecular flexibility index (Phi) is 4.71. The van der Waals surface area contributed by atoms with Crippen LogP contribution in [0.4, 0.5) is 0 Å². The highest BCUT2D eigenvalue weighted by Gasteiger charge is 2.46. The summed E-state index contributed by atoms with van der Waals surface area (Å²) in [5.74, 6) is 0. The van der Waals surface area contributed by atoms with Gasteiger partial charge in [0.25, 0.3) is 0 Å². The molecule has 1 heteroatoms. The second kappa shape index (κ2) is 7.88. The predicted octanol–water partition coefficient (Wildman–Crippen LogP) is 7.21. The smallest absolute Gasteiger partial charge is 0.0713 e. The van der Waals surface area contributed by atoms with E-state index in [1.807, 2.05) is 12.1 Å². The third-order valence-corrected chi connectivity index (χ3v) is 6.93. The fourth-order valence-corrected chi connectivity index (χ4v) is 5.52. The number of hydrogen-bond acceptors (Lipinski definition) is 1. The van der Waals surface area contributed by atoms with Crippen LogP contribution in [0, 0.1) is 0 Å². The normalized spacial score (nSPS) is 13.4. The molecule has 0 aromatic heterocycles. The van der Waals surface area contributed by atoms with Gasteiger partial charge in [0, 0.05) is 0 Å². The number of rotatable bonds is 4. The summed E-state index contributed by atoms with van der Waals surface area (Å²) in [7, 11) is 0. The molecule has 1 aliphatic rings. The van der Waals surface area contributed by atoms with Crippen molar-refractivity contribution in [2.75, 3.05) is 0 Å². The lowest BCUT2D eigenvalue weighted by atomic mass is 9.67. The molecule has 6 rings (SSSR count). The highest BCUT2D eigenvalue weighted by atomic mass is 16.3. The molecule has 1 aliphatic carbocycles. The van der Waals surface area contributed by atoms with Crippen molar-refractivity contribution in [1.29, 1.82) is 0 Å². The number of benzene rings is 5. The molecule has 1 nitrogen and oxygen atoms in total. The van der Waals surface area contributed by atoms with Gasteiger partial charge in [0.05, 0.1) is 12.0 Å². The Morgan fingerprint density at radius 1 is 0.485 bits per heavy atom. The van der Waals surface area contributed by atoms with Gasteiger partial charge in [0.1, 0.15) is 0 Å². The second-order valence-electron chi connectivity index (χ2n) is 8.61. The van der Waals surface area contributed by atoms with Crippen molar-refractivity contribution in [3.8, 4) is 22.3 Å². The van der Waals surface area contributed by atoms with Crippen molar-refractivity contribution in [1.82, 2.24) is 0 Å². The number of aliphatic hydroxyl groups is 1. The third-order valence-electron chi connectivity index (χ3n) is 6.93. The Morgan fingerprint density at radius 3 is 1.67 bits per heavy atom. The van der Waals surface area contributed by atoms with Gasteiger partial charge >= 0.3 is 0 Å². The summed E-state index contributed by atoms with van der Waals surface area (Å²) in [4.78, 5) is 0. The molecule has 0 aliphatic heterocycles. The van der Waals surface area contributed by atoms with Gasteiger partial charge in [-0.2, -0.15) is 0 Å². The fraction of sp³-hybridized carbons (Fsp3) is 0.0625. The summed E-state index contributed by atoms with van der Waals surface area (Å²) in [6.07, 6.45) is 0. The van der Waals surface area contributed by atoms with Crippen LogP contribution in [0.25, 0.3) is 22.3 Å². The Balaban J connectivity index is 1.73. The van der Waals surface area contributed by atoms with Crippen LogP contribution in [0.5, 0.6) is 0 Å². The molecule has 0 radical (unpaired) electrons. The molecule has 5 aromatic carbocycles. The molecular formula is C32H24O. The average Bonchev–Trinajstić information content (AvgIpc) is 3.21.